The average Bonchev–Trinajstić information content (AvgIpc) is 3.39. The lowest BCUT2D eigenvalue weighted by molar-refractivity contribution is -0.137. The molecule has 6 nitrogen and oxygen atoms in total. The van der Waals surface area contributed by atoms with E-state index >= 15 is 0 Å². The number of aryl methyl sites for hydroxylation is 2. The molecule has 2 heterocycles. The van der Waals surface area contributed by atoms with E-state index in [0.29, 0.717) is 22.7 Å². The number of halogens is 3. The maximum Gasteiger partial charge on any atom is 0.416 e. The van der Waals surface area contributed by atoms with Crippen LogP contribution in [0.25, 0.3) is 5.69 Å². The number of hydrogen-bond donors (Lipinski definition) is 1. The number of benzene rings is 2. The zero-order valence-corrected chi connectivity index (χ0v) is 22.9. The predicted molar refractivity (Wildman–Crippen MR) is 151 cm³/mol. The lowest BCUT2D eigenvalue weighted by Gasteiger charge is -2.20. The molecule has 1 saturated carbocycles. The number of imidazole rings is 1. The van der Waals surface area contributed by atoms with Gasteiger partial charge < -0.3 is 9.88 Å². The number of rotatable bonds is 5. The van der Waals surface area contributed by atoms with Gasteiger partial charge in [0.25, 0.3) is 5.91 Å². The molecular weight excluding hydrogens is 527 g/mol. The lowest BCUT2D eigenvalue weighted by Crippen LogP contribution is -2.14. The minimum atomic E-state index is -4.59. The molecule has 9 heteroatoms. The fourth-order valence-electron chi connectivity index (χ4n) is 4.97. The molecule has 0 aliphatic heterocycles. The minimum absolute atomic E-state index is 0.0184. The van der Waals surface area contributed by atoms with Gasteiger partial charge in [-0.15, -0.1) is 0 Å². The molecule has 41 heavy (non-hydrogen) atoms. The van der Waals surface area contributed by atoms with Crippen LogP contribution < -0.4 is 5.32 Å². The minimum Gasteiger partial charge on any atom is -0.322 e. The molecule has 1 aliphatic rings. The van der Waals surface area contributed by atoms with Crippen molar-refractivity contribution in [2.45, 2.75) is 58.5 Å². The van der Waals surface area contributed by atoms with E-state index in [4.69, 9.17) is 0 Å². The number of carbonyl (C=O) groups excluding carboxylic acids is 1. The Hall–Kier alpha value is -4.45. The van der Waals surface area contributed by atoms with Gasteiger partial charge in [0.2, 0.25) is 0 Å². The van der Waals surface area contributed by atoms with E-state index in [1.807, 2.05) is 6.92 Å². The van der Waals surface area contributed by atoms with Crippen LogP contribution >= 0.6 is 0 Å². The van der Waals surface area contributed by atoms with Crippen molar-refractivity contribution < 1.29 is 18.0 Å². The zero-order valence-electron chi connectivity index (χ0n) is 22.9. The molecule has 1 aliphatic carbocycles. The van der Waals surface area contributed by atoms with Crippen LogP contribution in [-0.2, 0) is 12.6 Å². The van der Waals surface area contributed by atoms with E-state index in [1.165, 1.54) is 49.1 Å². The third kappa shape index (κ3) is 7.20. The van der Waals surface area contributed by atoms with Crippen LogP contribution in [0.1, 0.15) is 76.2 Å². The summed E-state index contributed by atoms with van der Waals surface area (Å²) in [5.41, 5.74) is 2.46. The summed E-state index contributed by atoms with van der Waals surface area (Å²) >= 11 is 0. The lowest BCUT2D eigenvalue weighted by atomic mass is 9.87. The van der Waals surface area contributed by atoms with E-state index < -0.39 is 17.6 Å². The molecule has 0 atom stereocenters. The molecule has 2 aromatic carbocycles. The van der Waals surface area contributed by atoms with Gasteiger partial charge in [0.1, 0.15) is 5.82 Å². The molecule has 2 aromatic heterocycles. The molecule has 0 unspecified atom stereocenters. The Kier molecular flexibility index (Phi) is 8.20. The van der Waals surface area contributed by atoms with E-state index in [9.17, 15) is 18.0 Å². The van der Waals surface area contributed by atoms with Gasteiger partial charge in [-0.3, -0.25) is 4.79 Å². The van der Waals surface area contributed by atoms with Crippen molar-refractivity contribution in [2.75, 3.05) is 5.32 Å². The first kappa shape index (κ1) is 28.1. The van der Waals surface area contributed by atoms with Crippen LogP contribution in [0.4, 0.5) is 18.9 Å². The fraction of sp³-hybridized carbons (Fsp3) is 0.312. The third-order valence-corrected chi connectivity index (χ3v) is 7.26. The molecule has 1 fully saturated rings. The standard InChI is InChI=1S/C32H30F3N5O/c1-21-8-10-26(13-25(21)11-9-24-17-36-30(37-18-24)12-23-6-4-3-5-7-23)31(41)39-28-14-27(32(33,34)35)15-29(16-28)40-19-22(2)38-20-40/h8,10,13-20,23H,3-7,12H2,1-2H3,(H,39,41). The number of nitrogens with zero attached hydrogens (tertiary/aromatic N) is 4. The molecule has 210 valence electrons. The Morgan fingerprint density at radius 2 is 1.76 bits per heavy atom. The van der Waals surface area contributed by atoms with Crippen LogP contribution in [0.3, 0.4) is 0 Å². The fourth-order valence-corrected chi connectivity index (χ4v) is 4.97. The first-order valence-electron chi connectivity index (χ1n) is 13.6. The zero-order chi connectivity index (χ0) is 29.0. The van der Waals surface area contributed by atoms with E-state index in [0.717, 1.165) is 29.9 Å². The topological polar surface area (TPSA) is 72.7 Å². The summed E-state index contributed by atoms with van der Waals surface area (Å²) in [4.78, 5) is 26.2. The van der Waals surface area contributed by atoms with Gasteiger partial charge in [-0.05, 0) is 55.7 Å². The quantitative estimate of drug-likeness (QED) is 0.266. The van der Waals surface area contributed by atoms with Crippen LogP contribution in [0.2, 0.25) is 0 Å². The second-order valence-corrected chi connectivity index (χ2v) is 10.5. The Balaban J connectivity index is 1.33. The Labute approximate surface area is 237 Å². The summed E-state index contributed by atoms with van der Waals surface area (Å²) in [7, 11) is 0. The third-order valence-electron chi connectivity index (χ3n) is 7.26. The van der Waals surface area contributed by atoms with Crippen molar-refractivity contribution >= 4 is 11.6 Å². The van der Waals surface area contributed by atoms with E-state index in [-0.39, 0.29) is 16.9 Å². The Morgan fingerprint density at radius 3 is 2.44 bits per heavy atom. The summed E-state index contributed by atoms with van der Waals surface area (Å²) in [6, 6.07) is 8.41. The molecule has 0 bridgehead atoms. The van der Waals surface area contributed by atoms with Crippen LogP contribution in [0, 0.1) is 31.6 Å². The second kappa shape index (κ2) is 12.0. The highest BCUT2D eigenvalue weighted by Crippen LogP contribution is 2.33. The Bertz CT molecular complexity index is 1610. The van der Waals surface area contributed by atoms with Crippen LogP contribution in [0.5, 0.6) is 0 Å². The van der Waals surface area contributed by atoms with Crippen LogP contribution in [-0.4, -0.2) is 25.4 Å². The first-order chi connectivity index (χ1) is 19.6. The summed E-state index contributed by atoms with van der Waals surface area (Å²) in [5, 5.41) is 2.61. The number of hydrogen-bond acceptors (Lipinski definition) is 4. The van der Waals surface area contributed by atoms with Crippen molar-refractivity contribution in [3.63, 3.8) is 0 Å². The van der Waals surface area contributed by atoms with Gasteiger partial charge in [-0.2, -0.15) is 13.2 Å². The van der Waals surface area contributed by atoms with Crippen molar-refractivity contribution in [2.24, 2.45) is 5.92 Å². The van der Waals surface area contributed by atoms with Crippen molar-refractivity contribution in [1.29, 1.82) is 0 Å². The maximum atomic E-state index is 13.6. The summed E-state index contributed by atoms with van der Waals surface area (Å²) in [6.45, 7) is 3.62. The molecule has 4 aromatic rings. The highest BCUT2D eigenvalue weighted by Gasteiger charge is 2.31. The van der Waals surface area contributed by atoms with Crippen molar-refractivity contribution in [3.8, 4) is 17.5 Å². The molecule has 0 spiro atoms. The number of alkyl halides is 3. The van der Waals surface area contributed by atoms with Gasteiger partial charge in [-0.25, -0.2) is 15.0 Å². The number of carbonyl (C=O) groups is 1. The van der Waals surface area contributed by atoms with Gasteiger partial charge >= 0.3 is 6.18 Å². The number of nitrogens with one attached hydrogen (secondary N) is 1. The molecule has 1 amide bonds. The largest absolute Gasteiger partial charge is 0.416 e. The van der Waals surface area contributed by atoms with Gasteiger partial charge in [0.15, 0.2) is 0 Å². The average molecular weight is 558 g/mol. The van der Waals surface area contributed by atoms with Gasteiger partial charge in [0, 0.05) is 47.5 Å². The normalized spacial score (nSPS) is 13.9. The number of aromatic nitrogens is 4. The van der Waals surface area contributed by atoms with Gasteiger partial charge in [-0.1, -0.05) is 50.0 Å². The maximum absolute atomic E-state index is 13.6. The highest BCUT2D eigenvalue weighted by molar-refractivity contribution is 6.04. The molecular formula is C32H30F3N5O. The molecule has 0 saturated heterocycles. The summed E-state index contributed by atoms with van der Waals surface area (Å²) in [6.07, 6.45) is 9.10. The van der Waals surface area contributed by atoms with Gasteiger partial charge in [0.05, 0.1) is 23.1 Å². The monoisotopic (exact) mass is 557 g/mol. The molecule has 1 N–H and O–H groups in total. The van der Waals surface area contributed by atoms with E-state index in [1.54, 1.807) is 43.7 Å². The SMILES string of the molecule is Cc1cn(-c2cc(NC(=O)c3ccc(C)c(C#Cc4cnc(CC5CCCCC5)nc4)c3)cc(C(F)(F)F)c2)cn1. The van der Waals surface area contributed by atoms with Crippen molar-refractivity contribution in [1.82, 2.24) is 19.5 Å². The smallest absolute Gasteiger partial charge is 0.322 e. The molecule has 0 radical (unpaired) electrons. The second-order valence-electron chi connectivity index (χ2n) is 10.5. The van der Waals surface area contributed by atoms with Crippen LogP contribution in [0.15, 0.2) is 61.3 Å². The summed E-state index contributed by atoms with van der Waals surface area (Å²) in [5.74, 6) is 7.08. The highest BCUT2D eigenvalue weighted by atomic mass is 19.4. The predicted octanol–water partition coefficient (Wildman–Crippen LogP) is 7.07. The number of anilines is 1. The van der Waals surface area contributed by atoms with E-state index in [2.05, 4.69) is 32.1 Å². The summed E-state index contributed by atoms with van der Waals surface area (Å²) < 4.78 is 42.3. The van der Waals surface area contributed by atoms with Crippen molar-refractivity contribution in [3.05, 3.63) is 101 Å². The first-order valence-corrected chi connectivity index (χ1v) is 13.6. The Morgan fingerprint density at radius 1 is 1.00 bits per heavy atom. The number of amides is 1. The molecule has 5 rings (SSSR count).